The summed E-state index contributed by atoms with van der Waals surface area (Å²) in [7, 11) is 0. The van der Waals surface area contributed by atoms with Crippen molar-refractivity contribution in [1.29, 1.82) is 0 Å². The van der Waals surface area contributed by atoms with E-state index >= 15 is 0 Å². The van der Waals surface area contributed by atoms with Gasteiger partial charge in [0.25, 0.3) is 0 Å². The normalized spacial score (nSPS) is 4.17. The molecule has 0 nitrogen and oxygen atoms in total. The molecule has 0 unspecified atom stereocenters. The fourth-order valence-electron chi connectivity index (χ4n) is 0.0625. The molecule has 0 atom stereocenters. The van der Waals surface area contributed by atoms with E-state index in [0.717, 1.165) is 0 Å². The Morgan fingerprint density at radius 1 is 1.67 bits per heavy atom. The van der Waals surface area contributed by atoms with Crippen LogP contribution in [0.1, 0.15) is 1.37 Å². The Morgan fingerprint density at radius 3 is 3.00 bits per heavy atom. The van der Waals surface area contributed by atoms with Crippen LogP contribution in [-0.2, 0) is 0 Å². The summed E-state index contributed by atoms with van der Waals surface area (Å²) in [4.78, 5) is 0. The molecular weight excluding hydrogens is 72.1 g/mol. The van der Waals surface area contributed by atoms with Gasteiger partial charge in [0.15, 0.2) is 0 Å². The molecule has 0 aliphatic rings. The third-order valence-corrected chi connectivity index (χ3v) is 0.188. The van der Waals surface area contributed by atoms with Crippen molar-refractivity contribution in [3.8, 4) is 30.1 Å². The molecule has 0 saturated carbocycles. The third kappa shape index (κ3) is 2.68. The molecule has 0 aliphatic carbocycles. The van der Waals surface area contributed by atoms with Gasteiger partial charge in [-0.2, -0.15) is 0 Å². The smallest absolute Gasteiger partial charge is 0.106 e. The van der Waals surface area contributed by atoms with Crippen LogP contribution in [0.3, 0.4) is 0 Å². The van der Waals surface area contributed by atoms with E-state index in [4.69, 9.17) is 7.79 Å². The van der Waals surface area contributed by atoms with Gasteiger partial charge in [-0.05, 0) is 30.1 Å². The average molecular weight is 74.1 g/mol. The highest BCUT2D eigenvalue weighted by atomic mass is 13.4. The standard InChI is InChI=1S/C6H/c1-3-5-6-4-2/h1H/i1D. The first-order chi connectivity index (χ1) is 3.41. The third-order valence-electron chi connectivity index (χ3n) is 0.188. The van der Waals surface area contributed by atoms with Crippen LogP contribution in [0.4, 0.5) is 0 Å². The Bertz CT molecular complexity index is 186. The summed E-state index contributed by atoms with van der Waals surface area (Å²) in [6.07, 6.45) is 8.03. The van der Waals surface area contributed by atoms with Crippen molar-refractivity contribution >= 4 is 0 Å². The Labute approximate surface area is 39.0 Å². The quantitative estimate of drug-likeness (QED) is 0.360. The minimum atomic E-state index is 1.81. The maximum absolute atomic E-state index is 6.23. The predicted octanol–water partition coefficient (Wildman–Crippen LogP) is 0.213. The Hall–Kier alpha value is -1.32. The summed E-state index contributed by atoms with van der Waals surface area (Å²) in [6, 6.07) is 0. The Kier molecular flexibility index (Phi) is 1.77. The zero-order valence-corrected chi connectivity index (χ0v) is 3.00. The molecular formula is C6H. The van der Waals surface area contributed by atoms with Crippen molar-refractivity contribution in [2.24, 2.45) is 0 Å². The van der Waals surface area contributed by atoms with Crippen molar-refractivity contribution in [2.75, 3.05) is 0 Å². The lowest BCUT2D eigenvalue weighted by Gasteiger charge is -1.43. The monoisotopic (exact) mass is 74.0 g/mol. The van der Waals surface area contributed by atoms with Crippen LogP contribution in [0.2, 0.25) is 0 Å². The van der Waals surface area contributed by atoms with Crippen LogP contribution in [0.5, 0.6) is 0 Å². The van der Waals surface area contributed by atoms with Crippen molar-refractivity contribution in [2.45, 2.75) is 0 Å². The van der Waals surface area contributed by atoms with Crippen LogP contribution < -0.4 is 0 Å². The largest absolute Gasteiger partial charge is 0.125 e. The molecule has 0 amide bonds. The summed E-state index contributed by atoms with van der Waals surface area (Å²) >= 11 is 0. The van der Waals surface area contributed by atoms with E-state index in [2.05, 4.69) is 17.8 Å². The first kappa shape index (κ1) is 2.89. The molecule has 6 heavy (non-hydrogen) atoms. The van der Waals surface area contributed by atoms with E-state index in [1.54, 1.807) is 12.3 Å². The first-order valence-corrected chi connectivity index (χ1v) is 1.25. The highest BCUT2D eigenvalue weighted by Gasteiger charge is 1.42. The van der Waals surface area contributed by atoms with E-state index in [9.17, 15) is 0 Å². The lowest BCUT2D eigenvalue weighted by atomic mass is 10.6. The molecule has 0 bridgehead atoms. The second-order valence-electron chi connectivity index (χ2n) is 0.500. The summed E-state index contributed by atoms with van der Waals surface area (Å²) < 4.78 is 6.23. The topological polar surface area (TPSA) is 0 Å². The average Bonchev–Trinajstić information content (AvgIpc) is 1.69. The molecule has 0 heterocycles. The van der Waals surface area contributed by atoms with Crippen molar-refractivity contribution < 1.29 is 1.37 Å². The lowest BCUT2D eigenvalue weighted by molar-refractivity contribution is 2.43. The zero-order valence-electron chi connectivity index (χ0n) is 4.00. The molecule has 0 aliphatic heterocycles. The van der Waals surface area contributed by atoms with Crippen LogP contribution in [-0.4, -0.2) is 0 Å². The summed E-state index contributed by atoms with van der Waals surface area (Å²) in [5.74, 6) is 8.24. The van der Waals surface area contributed by atoms with Crippen LogP contribution in [0.15, 0.2) is 0 Å². The van der Waals surface area contributed by atoms with Gasteiger partial charge in [0.05, 0.1) is 0 Å². The minimum absolute atomic E-state index is 1.81. The highest BCUT2D eigenvalue weighted by molar-refractivity contribution is 5.30. The van der Waals surface area contributed by atoms with E-state index in [1.165, 1.54) is 0 Å². The first-order valence-electron chi connectivity index (χ1n) is 1.75. The van der Waals surface area contributed by atoms with Gasteiger partial charge in [-0.1, -0.05) is 0 Å². The molecule has 0 rings (SSSR count). The van der Waals surface area contributed by atoms with Crippen LogP contribution >= 0.6 is 0 Å². The van der Waals surface area contributed by atoms with Gasteiger partial charge in [-0.15, -0.1) is 6.40 Å². The highest BCUT2D eigenvalue weighted by Crippen LogP contribution is 1.43. The molecule has 25 valence electrons. The summed E-state index contributed by atoms with van der Waals surface area (Å²) in [6.45, 7) is 0. The second-order valence-corrected chi connectivity index (χ2v) is 0.500. The Balaban J connectivity index is 3.68. The zero-order chi connectivity index (χ0) is 5.54. The van der Waals surface area contributed by atoms with E-state index in [1.807, 2.05) is 0 Å². The molecule has 0 aromatic heterocycles. The number of rotatable bonds is 0. The maximum atomic E-state index is 6.23. The summed E-state index contributed by atoms with van der Waals surface area (Å²) in [5, 5.41) is 0. The van der Waals surface area contributed by atoms with Crippen LogP contribution in [0, 0.1) is 36.5 Å². The molecule has 1 radical (unpaired) electrons. The Morgan fingerprint density at radius 2 is 2.50 bits per heavy atom. The van der Waals surface area contributed by atoms with Gasteiger partial charge in [0, 0.05) is 0 Å². The number of hydrogen-bond donors (Lipinski definition) is 0. The van der Waals surface area contributed by atoms with Gasteiger partial charge in [-0.25, -0.2) is 0 Å². The fraction of sp³-hybridized carbons (Fsp3) is 0. The predicted molar refractivity (Wildman–Crippen MR) is 23.7 cm³/mol. The second kappa shape index (κ2) is 3.68. The van der Waals surface area contributed by atoms with Crippen molar-refractivity contribution in [3.05, 3.63) is 6.42 Å². The van der Waals surface area contributed by atoms with Crippen molar-refractivity contribution in [3.63, 3.8) is 0 Å². The molecule has 0 fully saturated rings. The summed E-state index contributed by atoms with van der Waals surface area (Å²) in [5.41, 5.74) is 0. The van der Waals surface area contributed by atoms with Gasteiger partial charge in [0.1, 0.15) is 1.37 Å². The van der Waals surface area contributed by atoms with Crippen LogP contribution in [0.25, 0.3) is 0 Å². The van der Waals surface area contributed by atoms with Gasteiger partial charge >= 0.3 is 0 Å². The van der Waals surface area contributed by atoms with E-state index in [0.29, 0.717) is 0 Å². The lowest BCUT2D eigenvalue weighted by Crippen LogP contribution is -1.42. The molecule has 0 N–H and O–H groups in total. The van der Waals surface area contributed by atoms with Gasteiger partial charge in [-0.3, -0.25) is 0 Å². The molecule has 0 spiro atoms. The molecule has 0 heteroatoms. The minimum Gasteiger partial charge on any atom is -0.106 e. The van der Waals surface area contributed by atoms with E-state index in [-0.39, 0.29) is 0 Å². The molecule has 0 saturated heterocycles. The fourth-order valence-corrected chi connectivity index (χ4v) is 0.0625. The maximum Gasteiger partial charge on any atom is 0.125 e. The van der Waals surface area contributed by atoms with Gasteiger partial charge in [0.2, 0.25) is 0 Å². The molecule has 0 aromatic carbocycles. The van der Waals surface area contributed by atoms with E-state index < -0.39 is 0 Å². The molecule has 0 aromatic rings. The SMILES string of the molecule is [2H]C#CC#CC#[C]. The number of terminal acetylenes is 1. The number of hydrogen-bond acceptors (Lipinski definition) is 0. The van der Waals surface area contributed by atoms with Gasteiger partial charge < -0.3 is 0 Å². The van der Waals surface area contributed by atoms with Crippen molar-refractivity contribution in [1.82, 2.24) is 0 Å².